The van der Waals surface area contributed by atoms with Crippen molar-refractivity contribution in [2.75, 3.05) is 24.3 Å². The van der Waals surface area contributed by atoms with Crippen LogP contribution in [-0.2, 0) is 24.7 Å². The van der Waals surface area contributed by atoms with Gasteiger partial charge in [0.05, 0.1) is 35.3 Å². The molecule has 0 radical (unpaired) electrons. The van der Waals surface area contributed by atoms with Gasteiger partial charge in [0.2, 0.25) is 9.84 Å². The molecule has 0 spiro atoms. The second kappa shape index (κ2) is 12.6. The van der Waals surface area contributed by atoms with E-state index in [9.17, 15) is 31.5 Å². The Balaban J connectivity index is 1.94. The standard InChI is InChI=1S/C26H26ClN3O9S2/c1-4-19(26(32)33)24(28)40(34,35)17-11-7-16(8-12-17)29-25(31)20-13-22(38-2)23(39-3)14-21(20)30-41(36,37)18-9-5-15(27)6-10-18/h5-14,19,28,30H,4H2,1-3H3,(H,29,31)(H,32,33). The van der Waals surface area contributed by atoms with Crippen molar-refractivity contribution in [2.45, 2.75) is 23.1 Å². The number of carboxylic acids is 1. The molecule has 3 aromatic carbocycles. The molecule has 1 amide bonds. The molecule has 3 rings (SSSR count). The van der Waals surface area contributed by atoms with Crippen LogP contribution in [0.5, 0.6) is 11.5 Å². The third-order valence-electron chi connectivity index (χ3n) is 5.87. The Labute approximate surface area is 241 Å². The van der Waals surface area contributed by atoms with Gasteiger partial charge in [-0.3, -0.25) is 19.7 Å². The van der Waals surface area contributed by atoms with Crippen LogP contribution in [-0.4, -0.2) is 53.1 Å². The minimum absolute atomic E-state index is 0.0863. The number of hydrogen-bond donors (Lipinski definition) is 4. The molecule has 1 atom stereocenters. The van der Waals surface area contributed by atoms with E-state index in [1.807, 2.05) is 0 Å². The number of rotatable bonds is 11. The molecule has 15 heteroatoms. The van der Waals surface area contributed by atoms with E-state index in [0.717, 1.165) is 12.1 Å². The van der Waals surface area contributed by atoms with Crippen LogP contribution in [0.2, 0.25) is 5.02 Å². The lowest BCUT2D eigenvalue weighted by Crippen LogP contribution is -2.29. The summed E-state index contributed by atoms with van der Waals surface area (Å²) < 4.78 is 64.5. The smallest absolute Gasteiger partial charge is 0.313 e. The fraction of sp³-hybridized carbons (Fsp3) is 0.192. The molecule has 0 aliphatic heterocycles. The predicted octanol–water partition coefficient (Wildman–Crippen LogP) is 4.27. The SMILES string of the molecule is CCC(C(=N)S(=O)(=O)c1ccc(NC(=O)c2cc(OC)c(OC)cc2NS(=O)(=O)c2ccc(Cl)cc2)cc1)C(=O)O. The minimum atomic E-state index is -4.39. The van der Waals surface area contributed by atoms with Crippen molar-refractivity contribution in [3.05, 3.63) is 71.2 Å². The lowest BCUT2D eigenvalue weighted by Gasteiger charge is -2.17. The van der Waals surface area contributed by atoms with Gasteiger partial charge < -0.3 is 19.9 Å². The number of sulfone groups is 1. The average Bonchev–Trinajstić information content (AvgIpc) is 2.93. The van der Waals surface area contributed by atoms with Crippen molar-refractivity contribution in [1.29, 1.82) is 5.41 Å². The summed E-state index contributed by atoms with van der Waals surface area (Å²) in [4.78, 5) is 24.2. The Hall–Kier alpha value is -4.14. The van der Waals surface area contributed by atoms with Crippen molar-refractivity contribution in [3.8, 4) is 11.5 Å². The van der Waals surface area contributed by atoms with Crippen LogP contribution in [0.4, 0.5) is 11.4 Å². The van der Waals surface area contributed by atoms with Gasteiger partial charge in [-0.25, -0.2) is 16.8 Å². The fourth-order valence-electron chi connectivity index (χ4n) is 3.67. The first kappa shape index (κ1) is 31.4. The van der Waals surface area contributed by atoms with E-state index in [-0.39, 0.29) is 44.6 Å². The maximum absolute atomic E-state index is 13.3. The van der Waals surface area contributed by atoms with Gasteiger partial charge in [-0.15, -0.1) is 0 Å². The predicted molar refractivity (Wildman–Crippen MR) is 153 cm³/mol. The number of ether oxygens (including phenoxy) is 2. The number of hydrogen-bond acceptors (Lipinski definition) is 9. The van der Waals surface area contributed by atoms with E-state index in [1.54, 1.807) is 0 Å². The summed E-state index contributed by atoms with van der Waals surface area (Å²) in [6.07, 6.45) is -0.0863. The first-order valence-corrected chi connectivity index (χ1v) is 15.1. The molecule has 0 bridgehead atoms. The summed E-state index contributed by atoms with van der Waals surface area (Å²) >= 11 is 5.86. The first-order valence-electron chi connectivity index (χ1n) is 11.8. The van der Waals surface area contributed by atoms with E-state index in [1.165, 1.54) is 69.7 Å². The summed E-state index contributed by atoms with van der Waals surface area (Å²) in [5, 5.41) is 19.1. The summed E-state index contributed by atoms with van der Waals surface area (Å²) in [5.41, 5.74) is -0.153. The summed E-state index contributed by atoms with van der Waals surface area (Å²) in [7, 11) is -5.88. The van der Waals surface area contributed by atoms with Gasteiger partial charge in [0, 0.05) is 16.8 Å². The van der Waals surface area contributed by atoms with Crippen molar-refractivity contribution in [1.82, 2.24) is 0 Å². The fourth-order valence-corrected chi connectivity index (χ4v) is 6.26. The Morgan fingerprint density at radius 3 is 1.98 bits per heavy atom. The Morgan fingerprint density at radius 2 is 1.46 bits per heavy atom. The maximum atomic E-state index is 13.3. The highest BCUT2D eigenvalue weighted by Gasteiger charge is 2.32. The number of anilines is 2. The zero-order valence-electron chi connectivity index (χ0n) is 22.0. The molecule has 0 aliphatic carbocycles. The van der Waals surface area contributed by atoms with Crippen molar-refractivity contribution < 1.29 is 41.0 Å². The largest absolute Gasteiger partial charge is 0.493 e. The minimum Gasteiger partial charge on any atom is -0.493 e. The topological polar surface area (TPSA) is 189 Å². The molecular weight excluding hydrogens is 598 g/mol. The molecule has 0 saturated carbocycles. The number of benzene rings is 3. The number of amides is 1. The van der Waals surface area contributed by atoms with Crippen molar-refractivity contribution in [3.63, 3.8) is 0 Å². The molecule has 4 N–H and O–H groups in total. The summed E-state index contributed by atoms with van der Waals surface area (Å²) in [6, 6.07) is 12.6. The lowest BCUT2D eigenvalue weighted by molar-refractivity contribution is -0.139. The molecule has 0 heterocycles. The van der Waals surface area contributed by atoms with Crippen LogP contribution in [0.15, 0.2) is 70.5 Å². The Morgan fingerprint density at radius 1 is 0.927 bits per heavy atom. The van der Waals surface area contributed by atoms with E-state index in [0.29, 0.717) is 5.02 Å². The third-order valence-corrected chi connectivity index (χ3v) is 9.26. The van der Waals surface area contributed by atoms with Gasteiger partial charge in [-0.2, -0.15) is 0 Å². The van der Waals surface area contributed by atoms with Gasteiger partial charge in [0.1, 0.15) is 11.0 Å². The van der Waals surface area contributed by atoms with Crippen LogP contribution in [0.25, 0.3) is 0 Å². The summed E-state index contributed by atoms with van der Waals surface area (Å²) in [5.74, 6) is -3.43. The maximum Gasteiger partial charge on any atom is 0.313 e. The van der Waals surface area contributed by atoms with E-state index < -0.39 is 42.7 Å². The number of methoxy groups -OCH3 is 2. The number of halogens is 1. The highest BCUT2D eigenvalue weighted by atomic mass is 35.5. The zero-order valence-corrected chi connectivity index (χ0v) is 24.4. The second-order valence-corrected chi connectivity index (χ2v) is 12.5. The van der Waals surface area contributed by atoms with E-state index in [2.05, 4.69) is 10.0 Å². The molecular formula is C26H26ClN3O9S2. The van der Waals surface area contributed by atoms with Gasteiger partial charge >= 0.3 is 5.97 Å². The third kappa shape index (κ3) is 6.96. The normalized spacial score (nSPS) is 12.2. The number of carbonyl (C=O) groups is 2. The van der Waals surface area contributed by atoms with Crippen molar-refractivity contribution in [2.24, 2.45) is 5.92 Å². The Kier molecular flexibility index (Phi) is 9.63. The molecule has 12 nitrogen and oxygen atoms in total. The number of carboxylic acid groups (broad SMARTS) is 1. The zero-order chi connectivity index (χ0) is 30.5. The van der Waals surface area contributed by atoms with E-state index >= 15 is 0 Å². The number of aliphatic carboxylic acids is 1. The molecule has 0 fully saturated rings. The quantitative estimate of drug-likeness (QED) is 0.178. The van der Waals surface area contributed by atoms with Gasteiger partial charge in [0.15, 0.2) is 11.5 Å². The highest BCUT2D eigenvalue weighted by Crippen LogP contribution is 2.35. The number of sulfonamides is 1. The average molecular weight is 624 g/mol. The number of nitrogens with one attached hydrogen (secondary N) is 3. The lowest BCUT2D eigenvalue weighted by atomic mass is 10.1. The van der Waals surface area contributed by atoms with Gasteiger partial charge in [0.25, 0.3) is 15.9 Å². The van der Waals surface area contributed by atoms with Crippen LogP contribution in [0.1, 0.15) is 23.7 Å². The molecule has 41 heavy (non-hydrogen) atoms. The van der Waals surface area contributed by atoms with Crippen LogP contribution in [0.3, 0.4) is 0 Å². The van der Waals surface area contributed by atoms with Crippen molar-refractivity contribution >= 4 is 59.8 Å². The molecule has 1 unspecified atom stereocenters. The Bertz CT molecular complexity index is 1690. The second-order valence-electron chi connectivity index (χ2n) is 8.46. The molecule has 0 aromatic heterocycles. The highest BCUT2D eigenvalue weighted by molar-refractivity contribution is 8.06. The summed E-state index contributed by atoms with van der Waals surface area (Å²) in [6.45, 7) is 1.46. The molecule has 3 aromatic rings. The molecule has 0 saturated heterocycles. The van der Waals surface area contributed by atoms with Crippen LogP contribution >= 0.6 is 11.6 Å². The van der Waals surface area contributed by atoms with Gasteiger partial charge in [-0.05, 0) is 61.0 Å². The van der Waals surface area contributed by atoms with Gasteiger partial charge in [-0.1, -0.05) is 18.5 Å². The first-order chi connectivity index (χ1) is 19.2. The van der Waals surface area contributed by atoms with E-state index in [4.69, 9.17) is 26.5 Å². The molecule has 218 valence electrons. The number of carbonyl (C=O) groups excluding carboxylic acids is 1. The van der Waals surface area contributed by atoms with Crippen LogP contribution in [0, 0.1) is 11.3 Å². The van der Waals surface area contributed by atoms with Crippen LogP contribution < -0.4 is 19.5 Å². The monoisotopic (exact) mass is 623 g/mol. The molecule has 0 aliphatic rings.